The van der Waals surface area contributed by atoms with Gasteiger partial charge >= 0.3 is 5.97 Å². The molecule has 0 amide bonds. The molecule has 1 aromatic carbocycles. The van der Waals surface area contributed by atoms with Crippen LogP contribution in [-0.2, 0) is 21.4 Å². The van der Waals surface area contributed by atoms with Crippen LogP contribution in [0.3, 0.4) is 0 Å². The Labute approximate surface area is 134 Å². The average molecular weight is 336 g/mol. The molecular formula is C15H16N2O5S. The molecule has 0 aliphatic carbocycles. The van der Waals surface area contributed by atoms with Gasteiger partial charge in [-0.05, 0) is 5.56 Å². The number of ether oxygens (including phenoxy) is 1. The SMILES string of the molecule is COc1cncc(S(=O)(=O)N(CC(=O)O)Cc2ccccc2)c1. The Hall–Kier alpha value is -2.45. The van der Waals surface area contributed by atoms with Crippen LogP contribution in [0.15, 0.2) is 53.7 Å². The molecule has 1 aromatic heterocycles. The molecule has 122 valence electrons. The zero-order valence-corrected chi connectivity index (χ0v) is 13.2. The van der Waals surface area contributed by atoms with Crippen LogP contribution in [-0.4, -0.2) is 42.4 Å². The molecule has 0 unspecified atom stereocenters. The van der Waals surface area contributed by atoms with Crippen LogP contribution in [0, 0.1) is 0 Å². The first kappa shape index (κ1) is 16.9. The largest absolute Gasteiger partial charge is 0.495 e. The molecule has 1 heterocycles. The number of aromatic nitrogens is 1. The van der Waals surface area contributed by atoms with Gasteiger partial charge < -0.3 is 9.84 Å². The Morgan fingerprint density at radius 2 is 1.96 bits per heavy atom. The van der Waals surface area contributed by atoms with Crippen LogP contribution in [0.1, 0.15) is 5.56 Å². The van der Waals surface area contributed by atoms with Gasteiger partial charge in [-0.25, -0.2) is 8.42 Å². The van der Waals surface area contributed by atoms with Crippen molar-refractivity contribution in [2.24, 2.45) is 0 Å². The van der Waals surface area contributed by atoms with Crippen LogP contribution in [0.25, 0.3) is 0 Å². The number of pyridine rings is 1. The monoisotopic (exact) mass is 336 g/mol. The summed E-state index contributed by atoms with van der Waals surface area (Å²) in [5, 5.41) is 9.03. The summed E-state index contributed by atoms with van der Waals surface area (Å²) >= 11 is 0. The van der Waals surface area contributed by atoms with Gasteiger partial charge in [0.1, 0.15) is 17.2 Å². The number of carbonyl (C=O) groups is 1. The molecule has 0 saturated heterocycles. The Morgan fingerprint density at radius 3 is 2.57 bits per heavy atom. The van der Waals surface area contributed by atoms with Gasteiger partial charge in [-0.3, -0.25) is 9.78 Å². The first-order valence-electron chi connectivity index (χ1n) is 6.68. The highest BCUT2D eigenvalue weighted by atomic mass is 32.2. The number of benzene rings is 1. The second kappa shape index (κ2) is 7.21. The summed E-state index contributed by atoms with van der Waals surface area (Å²) in [6.45, 7) is -0.693. The predicted molar refractivity (Wildman–Crippen MR) is 82.5 cm³/mol. The first-order chi connectivity index (χ1) is 10.9. The quantitative estimate of drug-likeness (QED) is 0.820. The molecule has 0 saturated carbocycles. The second-order valence-electron chi connectivity index (χ2n) is 4.71. The third-order valence-corrected chi connectivity index (χ3v) is 4.83. The normalized spacial score (nSPS) is 11.4. The molecule has 2 aromatic rings. The summed E-state index contributed by atoms with van der Waals surface area (Å²) in [6.07, 6.45) is 2.54. The average Bonchev–Trinajstić information content (AvgIpc) is 2.55. The highest BCUT2D eigenvalue weighted by Crippen LogP contribution is 2.21. The third kappa shape index (κ3) is 4.27. The number of carboxylic acid groups (broad SMARTS) is 1. The predicted octanol–water partition coefficient (Wildman–Crippen LogP) is 1.37. The van der Waals surface area contributed by atoms with Crippen molar-refractivity contribution in [3.8, 4) is 5.75 Å². The fraction of sp³-hybridized carbons (Fsp3) is 0.200. The van der Waals surface area contributed by atoms with E-state index in [1.807, 2.05) is 0 Å². The van der Waals surface area contributed by atoms with Crippen molar-refractivity contribution in [2.75, 3.05) is 13.7 Å². The summed E-state index contributed by atoms with van der Waals surface area (Å²) in [6, 6.07) is 10.1. The Balaban J connectivity index is 2.38. The van der Waals surface area contributed by atoms with E-state index >= 15 is 0 Å². The lowest BCUT2D eigenvalue weighted by molar-refractivity contribution is -0.137. The minimum Gasteiger partial charge on any atom is -0.495 e. The number of carboxylic acids is 1. The molecule has 1 N–H and O–H groups in total. The van der Waals surface area contributed by atoms with E-state index in [0.29, 0.717) is 5.56 Å². The van der Waals surface area contributed by atoms with Crippen LogP contribution < -0.4 is 4.74 Å². The Morgan fingerprint density at radius 1 is 1.26 bits per heavy atom. The highest BCUT2D eigenvalue weighted by molar-refractivity contribution is 7.89. The van der Waals surface area contributed by atoms with E-state index in [-0.39, 0.29) is 17.2 Å². The maximum atomic E-state index is 12.7. The number of hydrogen-bond donors (Lipinski definition) is 1. The molecular weight excluding hydrogens is 320 g/mol. The van der Waals surface area contributed by atoms with E-state index in [1.165, 1.54) is 19.4 Å². The number of nitrogens with zero attached hydrogens (tertiary/aromatic N) is 2. The summed E-state index contributed by atoms with van der Waals surface area (Å²) < 4.78 is 31.3. The van der Waals surface area contributed by atoms with Crippen LogP contribution in [0.5, 0.6) is 5.75 Å². The summed E-state index contributed by atoms with van der Waals surface area (Å²) in [5.74, 6) is -0.957. The van der Waals surface area contributed by atoms with Gasteiger partial charge in [-0.1, -0.05) is 30.3 Å². The van der Waals surface area contributed by atoms with E-state index in [9.17, 15) is 13.2 Å². The highest BCUT2D eigenvalue weighted by Gasteiger charge is 2.27. The van der Waals surface area contributed by atoms with Crippen molar-refractivity contribution in [1.82, 2.24) is 9.29 Å². The van der Waals surface area contributed by atoms with Gasteiger partial charge in [-0.15, -0.1) is 0 Å². The first-order valence-corrected chi connectivity index (χ1v) is 8.12. The lowest BCUT2D eigenvalue weighted by atomic mass is 10.2. The molecule has 2 rings (SSSR count). The van der Waals surface area contributed by atoms with Gasteiger partial charge in [0, 0.05) is 18.8 Å². The number of methoxy groups -OCH3 is 1. The fourth-order valence-electron chi connectivity index (χ4n) is 1.96. The number of hydrogen-bond acceptors (Lipinski definition) is 5. The molecule has 0 bridgehead atoms. The van der Waals surface area contributed by atoms with Crippen molar-refractivity contribution in [1.29, 1.82) is 0 Å². The maximum Gasteiger partial charge on any atom is 0.318 e. The van der Waals surface area contributed by atoms with Gasteiger partial charge in [0.25, 0.3) is 0 Å². The van der Waals surface area contributed by atoms with E-state index < -0.39 is 22.5 Å². The molecule has 0 spiro atoms. The summed E-state index contributed by atoms with van der Waals surface area (Å²) in [7, 11) is -2.62. The zero-order valence-electron chi connectivity index (χ0n) is 12.4. The van der Waals surface area contributed by atoms with E-state index in [2.05, 4.69) is 4.98 Å². The Kier molecular flexibility index (Phi) is 5.30. The molecule has 0 atom stereocenters. The van der Waals surface area contributed by atoms with Gasteiger partial charge in [-0.2, -0.15) is 4.31 Å². The van der Waals surface area contributed by atoms with Crippen LogP contribution in [0.2, 0.25) is 0 Å². The Bertz CT molecular complexity index is 777. The summed E-state index contributed by atoms with van der Waals surface area (Å²) in [5.41, 5.74) is 0.688. The van der Waals surface area contributed by atoms with Gasteiger partial charge in [0.15, 0.2) is 0 Å². The van der Waals surface area contributed by atoms with Crippen molar-refractivity contribution in [2.45, 2.75) is 11.4 Å². The fourth-order valence-corrected chi connectivity index (χ4v) is 3.32. The number of sulfonamides is 1. The minimum atomic E-state index is -4.02. The maximum absolute atomic E-state index is 12.7. The van der Waals surface area contributed by atoms with Crippen molar-refractivity contribution in [3.05, 3.63) is 54.4 Å². The molecule has 0 aliphatic rings. The summed E-state index contributed by atoms with van der Waals surface area (Å²) in [4.78, 5) is 14.8. The molecule has 7 nitrogen and oxygen atoms in total. The topological polar surface area (TPSA) is 96.8 Å². The van der Waals surface area contributed by atoms with E-state index in [0.717, 1.165) is 10.5 Å². The molecule has 0 aliphatic heterocycles. The zero-order chi connectivity index (χ0) is 16.9. The van der Waals surface area contributed by atoms with Crippen molar-refractivity contribution >= 4 is 16.0 Å². The number of aliphatic carboxylic acids is 1. The lowest BCUT2D eigenvalue weighted by Gasteiger charge is -2.20. The van der Waals surface area contributed by atoms with Crippen molar-refractivity contribution < 1.29 is 23.1 Å². The van der Waals surface area contributed by atoms with Crippen LogP contribution >= 0.6 is 0 Å². The molecule has 8 heteroatoms. The second-order valence-corrected chi connectivity index (χ2v) is 6.65. The van der Waals surface area contributed by atoms with E-state index in [4.69, 9.17) is 9.84 Å². The minimum absolute atomic E-state index is 0.0489. The molecule has 0 radical (unpaired) electrons. The van der Waals surface area contributed by atoms with Gasteiger partial charge in [0.05, 0.1) is 13.3 Å². The third-order valence-electron chi connectivity index (χ3n) is 3.07. The van der Waals surface area contributed by atoms with Gasteiger partial charge in [0.2, 0.25) is 10.0 Å². The smallest absolute Gasteiger partial charge is 0.318 e. The molecule has 0 fully saturated rings. The van der Waals surface area contributed by atoms with E-state index in [1.54, 1.807) is 30.3 Å². The standard InChI is InChI=1S/C15H16N2O5S/c1-22-13-7-14(9-16-8-13)23(20,21)17(11-15(18)19)10-12-5-3-2-4-6-12/h2-9H,10-11H2,1H3,(H,18,19). The van der Waals surface area contributed by atoms with Crippen molar-refractivity contribution in [3.63, 3.8) is 0 Å². The molecule has 23 heavy (non-hydrogen) atoms. The van der Waals surface area contributed by atoms with Crippen LogP contribution in [0.4, 0.5) is 0 Å². The lowest BCUT2D eigenvalue weighted by Crippen LogP contribution is -2.35. The number of rotatable bonds is 7.